The second-order valence-electron chi connectivity index (χ2n) is 27.4. The average Bonchev–Trinajstić information content (AvgIpc) is 3.97. The molecule has 20 rings (SSSR count). The first-order valence-electron chi connectivity index (χ1n) is 29.2. The normalized spacial score (nSPS) is 27.7. The van der Waals surface area contributed by atoms with Gasteiger partial charge in [0.05, 0.1) is 5.69 Å². The molecule has 8 saturated carbocycles. The van der Waals surface area contributed by atoms with Crippen LogP contribution in [0, 0.1) is 42.4 Å². The smallest absolute Gasteiger partial charge is 0.337 e. The number of hydrogen-bond acceptors (Lipinski definition) is 2. The SMILES string of the molecule is Cc1cc2c3c(c1)N(c1ccc(C(C)(C)C)cc1-c1ccccc1)c1ccc4c(oc5cc6ccccc6cc54)c1B3n1c3ccc(C45CC6CC(CC(C6)C4)C5)cc3c3cc(C45CC6CC(CC(C6)C4)C5)cc-2c31. The third-order valence-electron chi connectivity index (χ3n) is 21.8. The summed E-state index contributed by atoms with van der Waals surface area (Å²) in [4.78, 5) is 2.66. The van der Waals surface area contributed by atoms with Crippen LogP contribution in [0.3, 0.4) is 0 Å². The molecule has 2 aliphatic heterocycles. The zero-order chi connectivity index (χ0) is 49.4. The number of fused-ring (bicyclic) bond motifs is 12. The predicted molar refractivity (Wildman–Crippen MR) is 313 cm³/mol. The monoisotopic (exact) mass is 973 g/mol. The molecule has 10 aliphatic rings. The Balaban J connectivity index is 0.969. The molecule has 75 heavy (non-hydrogen) atoms. The van der Waals surface area contributed by atoms with Gasteiger partial charge in [-0.15, -0.1) is 0 Å². The summed E-state index contributed by atoms with van der Waals surface area (Å²) >= 11 is 0. The maximum atomic E-state index is 7.50. The Morgan fingerprint density at radius 3 is 1.80 bits per heavy atom. The molecule has 368 valence electrons. The topological polar surface area (TPSA) is 21.3 Å². The van der Waals surface area contributed by atoms with Crippen LogP contribution in [0.2, 0.25) is 0 Å². The number of rotatable bonds is 4. The van der Waals surface area contributed by atoms with Crippen LogP contribution in [-0.2, 0) is 16.2 Å². The fraction of sp³-hybridized carbons (Fsp3) is 0.352. The lowest BCUT2D eigenvalue weighted by Gasteiger charge is -2.57. The molecule has 8 aromatic carbocycles. The van der Waals surface area contributed by atoms with E-state index in [9.17, 15) is 0 Å². The molecule has 8 aliphatic carbocycles. The molecule has 8 bridgehead atoms. The van der Waals surface area contributed by atoms with Gasteiger partial charge in [0.1, 0.15) is 11.2 Å². The Morgan fingerprint density at radius 1 is 0.493 bits per heavy atom. The van der Waals surface area contributed by atoms with E-state index in [1.807, 2.05) is 0 Å². The van der Waals surface area contributed by atoms with Gasteiger partial charge in [-0.3, -0.25) is 0 Å². The van der Waals surface area contributed by atoms with Crippen molar-refractivity contribution in [2.24, 2.45) is 35.5 Å². The second-order valence-corrected chi connectivity index (χ2v) is 27.4. The number of hydrogen-bond donors (Lipinski definition) is 0. The lowest BCUT2D eigenvalue weighted by atomic mass is 9.44. The van der Waals surface area contributed by atoms with E-state index < -0.39 is 0 Å². The highest BCUT2D eigenvalue weighted by atomic mass is 16.3. The first-order chi connectivity index (χ1) is 36.5. The third kappa shape index (κ3) is 5.79. The summed E-state index contributed by atoms with van der Waals surface area (Å²) in [7, 11) is 0. The molecule has 8 fully saturated rings. The predicted octanol–water partition coefficient (Wildman–Crippen LogP) is 17.5. The van der Waals surface area contributed by atoms with Crippen LogP contribution in [0.1, 0.15) is 120 Å². The van der Waals surface area contributed by atoms with E-state index in [0.717, 1.165) is 46.7 Å². The molecule has 2 aromatic heterocycles. The zero-order valence-electron chi connectivity index (χ0n) is 44.1. The molecule has 3 nitrogen and oxygen atoms in total. The van der Waals surface area contributed by atoms with E-state index in [2.05, 4.69) is 177 Å². The third-order valence-corrected chi connectivity index (χ3v) is 21.8. The van der Waals surface area contributed by atoms with E-state index >= 15 is 0 Å². The number of furan rings is 1. The highest BCUT2D eigenvalue weighted by molar-refractivity contribution is 6.91. The van der Waals surface area contributed by atoms with Gasteiger partial charge in [-0.1, -0.05) is 93.6 Å². The highest BCUT2D eigenvalue weighted by Gasteiger charge is 2.54. The lowest BCUT2D eigenvalue weighted by Crippen LogP contribution is -2.57. The fourth-order valence-corrected chi connectivity index (χ4v) is 19.5. The molecule has 0 N–H and O–H groups in total. The van der Waals surface area contributed by atoms with Crippen LogP contribution in [-0.4, -0.2) is 11.3 Å². The summed E-state index contributed by atoms with van der Waals surface area (Å²) in [5.74, 6) is 5.33. The van der Waals surface area contributed by atoms with Gasteiger partial charge in [0, 0.05) is 60.5 Å². The van der Waals surface area contributed by atoms with Crippen LogP contribution in [0.25, 0.3) is 76.8 Å². The minimum Gasteiger partial charge on any atom is -0.456 e. The maximum Gasteiger partial charge on any atom is 0.337 e. The summed E-state index contributed by atoms with van der Waals surface area (Å²) in [6.07, 6.45) is 17.0. The number of aromatic nitrogens is 1. The first-order valence-corrected chi connectivity index (χ1v) is 29.2. The summed E-state index contributed by atoms with van der Waals surface area (Å²) < 4.78 is 10.4. The van der Waals surface area contributed by atoms with Gasteiger partial charge in [0.25, 0.3) is 0 Å². The summed E-state index contributed by atoms with van der Waals surface area (Å²) in [5, 5.41) is 7.81. The Bertz CT molecular complexity index is 4090. The standard InChI is InChI=1S/C71H65BN2O/c1-40-20-57-59-33-52(71-37-44-25-45(38-71)27-46(26-44)39-71)32-58-55-31-51(70-34-41-22-42(35-70)24-43(23-41)36-70)15-18-61(55)74(67(58)59)72-65(57)63(21-40)73(60-17-14-50(69(2,3)4)30-54(60)47-10-6-5-7-11-47)62-19-16-53-56-28-48-12-8-9-13-49(48)29-64(56)75-68(53)66(62)72/h5-21,28-33,41-46H,22-27,34-39H2,1-4H3. The summed E-state index contributed by atoms with van der Waals surface area (Å²) in [6, 6.07) is 55.5. The van der Waals surface area contributed by atoms with Crippen LogP contribution in [0.15, 0.2) is 144 Å². The van der Waals surface area contributed by atoms with Crippen molar-refractivity contribution < 1.29 is 4.42 Å². The van der Waals surface area contributed by atoms with Crippen molar-refractivity contribution in [3.63, 3.8) is 0 Å². The molecule has 0 radical (unpaired) electrons. The van der Waals surface area contributed by atoms with Crippen molar-refractivity contribution in [1.82, 2.24) is 4.48 Å². The van der Waals surface area contributed by atoms with Gasteiger partial charge in [0.15, 0.2) is 0 Å². The molecular weight excluding hydrogens is 908 g/mol. The minimum absolute atomic E-state index is 0.0199. The molecule has 4 heterocycles. The van der Waals surface area contributed by atoms with E-state index in [-0.39, 0.29) is 17.7 Å². The molecule has 4 heteroatoms. The van der Waals surface area contributed by atoms with Crippen molar-refractivity contribution in [1.29, 1.82) is 0 Å². The van der Waals surface area contributed by atoms with E-state index in [0.29, 0.717) is 5.41 Å². The molecule has 10 aromatic rings. The van der Waals surface area contributed by atoms with Gasteiger partial charge >= 0.3 is 6.85 Å². The van der Waals surface area contributed by atoms with Gasteiger partial charge in [-0.25, -0.2) is 0 Å². The molecule has 0 spiro atoms. The minimum atomic E-state index is -0.113. The average molecular weight is 973 g/mol. The van der Waals surface area contributed by atoms with Crippen LogP contribution in [0.5, 0.6) is 0 Å². The van der Waals surface area contributed by atoms with Gasteiger partial charge < -0.3 is 13.8 Å². The molecular formula is C71H65BN2O. The number of aryl methyl sites for hydroxylation is 1. The van der Waals surface area contributed by atoms with Gasteiger partial charge in [0.2, 0.25) is 0 Å². The van der Waals surface area contributed by atoms with E-state index in [1.54, 1.807) is 11.1 Å². The van der Waals surface area contributed by atoms with E-state index in [1.165, 1.54) is 182 Å². The number of nitrogens with zero attached hydrogens (tertiary/aromatic N) is 2. The molecule has 0 amide bonds. The highest BCUT2D eigenvalue weighted by Crippen LogP contribution is 2.64. The van der Waals surface area contributed by atoms with Crippen molar-refractivity contribution in [3.05, 3.63) is 162 Å². The maximum absolute atomic E-state index is 7.50. The number of benzene rings is 8. The van der Waals surface area contributed by atoms with Crippen molar-refractivity contribution in [3.8, 4) is 22.3 Å². The van der Waals surface area contributed by atoms with Crippen LogP contribution < -0.4 is 15.8 Å². The zero-order valence-corrected chi connectivity index (χ0v) is 44.1. The fourth-order valence-electron chi connectivity index (χ4n) is 19.5. The quantitative estimate of drug-likeness (QED) is 0.164. The Morgan fingerprint density at radius 2 is 1.12 bits per heavy atom. The molecule has 0 unspecified atom stereocenters. The van der Waals surface area contributed by atoms with Crippen molar-refractivity contribution in [2.45, 2.75) is 121 Å². The summed E-state index contributed by atoms with van der Waals surface area (Å²) in [5.41, 5.74) is 22.9. The largest absolute Gasteiger partial charge is 0.456 e. The first kappa shape index (κ1) is 42.7. The van der Waals surface area contributed by atoms with Crippen molar-refractivity contribution >= 4 is 89.4 Å². The Labute approximate surface area is 441 Å². The Hall–Kier alpha value is -6.52. The van der Waals surface area contributed by atoms with E-state index in [4.69, 9.17) is 4.42 Å². The lowest BCUT2D eigenvalue weighted by molar-refractivity contribution is -0.00527. The second kappa shape index (κ2) is 14.5. The van der Waals surface area contributed by atoms with Crippen molar-refractivity contribution in [2.75, 3.05) is 4.90 Å². The molecule has 0 atom stereocenters. The number of anilines is 3. The van der Waals surface area contributed by atoms with Gasteiger partial charge in [-0.2, -0.15) is 0 Å². The Kier molecular flexibility index (Phi) is 8.25. The summed E-state index contributed by atoms with van der Waals surface area (Å²) in [6.45, 7) is 9.28. The van der Waals surface area contributed by atoms with Crippen LogP contribution in [0.4, 0.5) is 17.1 Å². The van der Waals surface area contributed by atoms with Crippen LogP contribution >= 0.6 is 0 Å². The molecule has 0 saturated heterocycles. The van der Waals surface area contributed by atoms with Gasteiger partial charge in [-0.05, 0) is 252 Å².